The summed E-state index contributed by atoms with van der Waals surface area (Å²) < 4.78 is 13.1. The summed E-state index contributed by atoms with van der Waals surface area (Å²) in [5.41, 5.74) is -0.238. The van der Waals surface area contributed by atoms with E-state index in [2.05, 4.69) is 10.6 Å². The molecular weight excluding hydrogens is 267 g/mol. The summed E-state index contributed by atoms with van der Waals surface area (Å²) in [5.74, 6) is -0.752. The van der Waals surface area contributed by atoms with Crippen LogP contribution in [-0.2, 0) is 4.79 Å². The van der Waals surface area contributed by atoms with Crippen LogP contribution in [0.4, 0.5) is 15.8 Å². The molecule has 1 heterocycles. The van der Waals surface area contributed by atoms with E-state index in [1.54, 1.807) is 4.90 Å². The molecule has 1 aromatic carbocycles. The molecule has 20 heavy (non-hydrogen) atoms. The van der Waals surface area contributed by atoms with E-state index in [0.717, 1.165) is 31.3 Å². The number of rotatable bonds is 4. The highest BCUT2D eigenvalue weighted by atomic mass is 19.1. The van der Waals surface area contributed by atoms with Crippen LogP contribution in [0.1, 0.15) is 0 Å². The van der Waals surface area contributed by atoms with Gasteiger partial charge in [-0.25, -0.2) is 4.39 Å². The SMILES string of the molecule is O=C(CNc1cc(F)ccc1[N+](=O)[O-])N1CCNCC1. The average Bonchev–Trinajstić information content (AvgIpc) is 2.45. The molecule has 1 aromatic rings. The van der Waals surface area contributed by atoms with E-state index < -0.39 is 10.7 Å². The van der Waals surface area contributed by atoms with E-state index in [1.165, 1.54) is 0 Å². The van der Waals surface area contributed by atoms with E-state index in [1.807, 2.05) is 0 Å². The van der Waals surface area contributed by atoms with Gasteiger partial charge in [0.2, 0.25) is 5.91 Å². The summed E-state index contributed by atoms with van der Waals surface area (Å²) in [5, 5.41) is 16.6. The van der Waals surface area contributed by atoms with Gasteiger partial charge in [-0.2, -0.15) is 0 Å². The molecule has 1 amide bonds. The lowest BCUT2D eigenvalue weighted by molar-refractivity contribution is -0.384. The van der Waals surface area contributed by atoms with Crippen molar-refractivity contribution in [3.8, 4) is 0 Å². The van der Waals surface area contributed by atoms with Crippen molar-refractivity contribution >= 4 is 17.3 Å². The summed E-state index contributed by atoms with van der Waals surface area (Å²) in [6, 6.07) is 3.11. The maximum absolute atomic E-state index is 13.1. The van der Waals surface area contributed by atoms with Crippen molar-refractivity contribution in [3.05, 3.63) is 34.1 Å². The monoisotopic (exact) mass is 282 g/mol. The number of halogens is 1. The normalized spacial score (nSPS) is 14.9. The number of hydrogen-bond acceptors (Lipinski definition) is 5. The molecule has 0 atom stereocenters. The summed E-state index contributed by atoms with van der Waals surface area (Å²) in [6.45, 7) is 2.57. The summed E-state index contributed by atoms with van der Waals surface area (Å²) in [6.07, 6.45) is 0. The largest absolute Gasteiger partial charge is 0.370 e. The van der Waals surface area contributed by atoms with Gasteiger partial charge < -0.3 is 15.5 Å². The van der Waals surface area contributed by atoms with Gasteiger partial charge in [-0.05, 0) is 6.07 Å². The van der Waals surface area contributed by atoms with Gasteiger partial charge in [-0.3, -0.25) is 14.9 Å². The van der Waals surface area contributed by atoms with E-state index in [-0.39, 0.29) is 23.8 Å². The van der Waals surface area contributed by atoms with Crippen molar-refractivity contribution in [1.29, 1.82) is 0 Å². The molecule has 8 heteroatoms. The molecule has 0 bridgehead atoms. The molecule has 0 aromatic heterocycles. The highest BCUT2D eigenvalue weighted by Crippen LogP contribution is 2.24. The fraction of sp³-hybridized carbons (Fsp3) is 0.417. The molecule has 0 radical (unpaired) electrons. The van der Waals surface area contributed by atoms with Gasteiger partial charge in [0.25, 0.3) is 5.69 Å². The van der Waals surface area contributed by atoms with Gasteiger partial charge in [0.1, 0.15) is 11.5 Å². The maximum atomic E-state index is 13.1. The van der Waals surface area contributed by atoms with Crippen LogP contribution in [-0.4, -0.2) is 48.5 Å². The Morgan fingerprint density at radius 1 is 1.45 bits per heavy atom. The Balaban J connectivity index is 2.01. The molecule has 2 N–H and O–H groups in total. The first kappa shape index (κ1) is 14.2. The molecule has 0 aliphatic carbocycles. The zero-order valence-electron chi connectivity index (χ0n) is 10.8. The standard InChI is InChI=1S/C12H15FN4O3/c13-9-1-2-11(17(19)20)10(7-9)15-8-12(18)16-5-3-14-4-6-16/h1-2,7,14-15H,3-6,8H2. The van der Waals surface area contributed by atoms with Crippen molar-refractivity contribution in [3.63, 3.8) is 0 Å². The highest BCUT2D eigenvalue weighted by molar-refractivity contribution is 5.82. The number of anilines is 1. The Labute approximate surface area is 114 Å². The second-order valence-electron chi connectivity index (χ2n) is 4.40. The van der Waals surface area contributed by atoms with Crippen molar-refractivity contribution in [1.82, 2.24) is 10.2 Å². The minimum Gasteiger partial charge on any atom is -0.370 e. The number of nitrogens with zero attached hydrogens (tertiary/aromatic N) is 2. The topological polar surface area (TPSA) is 87.5 Å². The molecule has 1 aliphatic rings. The van der Waals surface area contributed by atoms with Crippen LogP contribution in [0.5, 0.6) is 0 Å². The Bertz CT molecular complexity index is 517. The molecule has 1 aliphatic heterocycles. The van der Waals surface area contributed by atoms with E-state index in [9.17, 15) is 19.3 Å². The van der Waals surface area contributed by atoms with E-state index in [0.29, 0.717) is 13.1 Å². The third-order valence-electron chi connectivity index (χ3n) is 3.06. The predicted molar refractivity (Wildman–Crippen MR) is 71.0 cm³/mol. The lowest BCUT2D eigenvalue weighted by Crippen LogP contribution is -2.48. The number of carbonyl (C=O) groups is 1. The minimum atomic E-state index is -0.614. The summed E-state index contributed by atoms with van der Waals surface area (Å²) >= 11 is 0. The van der Waals surface area contributed by atoms with Crippen LogP contribution in [0.25, 0.3) is 0 Å². The molecule has 1 fully saturated rings. The molecule has 0 saturated carbocycles. The van der Waals surface area contributed by atoms with Gasteiger partial charge in [0.15, 0.2) is 0 Å². The number of nitrogens with one attached hydrogen (secondary N) is 2. The Morgan fingerprint density at radius 3 is 2.80 bits per heavy atom. The van der Waals surface area contributed by atoms with Gasteiger partial charge >= 0.3 is 0 Å². The smallest absolute Gasteiger partial charge is 0.292 e. The van der Waals surface area contributed by atoms with Crippen LogP contribution in [0.3, 0.4) is 0 Å². The van der Waals surface area contributed by atoms with Crippen LogP contribution in [0.2, 0.25) is 0 Å². The summed E-state index contributed by atoms with van der Waals surface area (Å²) in [7, 11) is 0. The number of nitro benzene ring substituents is 1. The van der Waals surface area contributed by atoms with E-state index in [4.69, 9.17) is 0 Å². The van der Waals surface area contributed by atoms with Crippen LogP contribution < -0.4 is 10.6 Å². The third kappa shape index (κ3) is 3.41. The van der Waals surface area contributed by atoms with E-state index >= 15 is 0 Å². The first-order chi connectivity index (χ1) is 9.58. The third-order valence-corrected chi connectivity index (χ3v) is 3.06. The Morgan fingerprint density at radius 2 is 2.15 bits per heavy atom. The fourth-order valence-corrected chi connectivity index (χ4v) is 2.01. The van der Waals surface area contributed by atoms with Crippen molar-refractivity contribution in [2.45, 2.75) is 0 Å². The second kappa shape index (κ2) is 6.29. The second-order valence-corrected chi connectivity index (χ2v) is 4.40. The molecule has 2 rings (SSSR count). The number of hydrogen-bond donors (Lipinski definition) is 2. The van der Waals surface area contributed by atoms with Crippen molar-refractivity contribution < 1.29 is 14.1 Å². The van der Waals surface area contributed by atoms with Crippen LogP contribution in [0, 0.1) is 15.9 Å². The van der Waals surface area contributed by atoms with Gasteiger partial charge in [0.05, 0.1) is 11.5 Å². The first-order valence-corrected chi connectivity index (χ1v) is 6.24. The number of piperazine rings is 1. The first-order valence-electron chi connectivity index (χ1n) is 6.24. The molecule has 0 unspecified atom stereocenters. The fourth-order valence-electron chi connectivity index (χ4n) is 2.01. The number of benzene rings is 1. The molecule has 108 valence electrons. The quantitative estimate of drug-likeness (QED) is 0.623. The van der Waals surface area contributed by atoms with Gasteiger partial charge in [-0.1, -0.05) is 0 Å². The minimum absolute atomic E-state index is 0.0125. The lowest BCUT2D eigenvalue weighted by atomic mass is 10.2. The zero-order chi connectivity index (χ0) is 14.5. The molecular formula is C12H15FN4O3. The molecule has 1 saturated heterocycles. The Kier molecular flexibility index (Phi) is 4.46. The predicted octanol–water partition coefficient (Wildman–Crippen LogP) is 0.578. The number of amides is 1. The average molecular weight is 282 g/mol. The van der Waals surface area contributed by atoms with Crippen LogP contribution >= 0.6 is 0 Å². The number of carbonyl (C=O) groups excluding carboxylic acids is 1. The lowest BCUT2D eigenvalue weighted by Gasteiger charge is -2.27. The number of nitro groups is 1. The van der Waals surface area contributed by atoms with Gasteiger partial charge in [-0.15, -0.1) is 0 Å². The van der Waals surface area contributed by atoms with Gasteiger partial charge in [0, 0.05) is 38.3 Å². The highest BCUT2D eigenvalue weighted by Gasteiger charge is 2.18. The Hall–Kier alpha value is -2.22. The van der Waals surface area contributed by atoms with Crippen molar-refractivity contribution in [2.75, 3.05) is 38.0 Å². The van der Waals surface area contributed by atoms with Crippen LogP contribution in [0.15, 0.2) is 18.2 Å². The maximum Gasteiger partial charge on any atom is 0.292 e. The summed E-state index contributed by atoms with van der Waals surface area (Å²) in [4.78, 5) is 23.8. The van der Waals surface area contributed by atoms with Crippen molar-refractivity contribution in [2.24, 2.45) is 0 Å². The molecule has 0 spiro atoms. The zero-order valence-corrected chi connectivity index (χ0v) is 10.8. The molecule has 7 nitrogen and oxygen atoms in total.